The Morgan fingerprint density at radius 2 is 1.29 bits per heavy atom. The average Bonchev–Trinajstić information content (AvgIpc) is 3.25. The second kappa shape index (κ2) is 15.3. The summed E-state index contributed by atoms with van der Waals surface area (Å²) in [4.78, 5) is 0.599. The lowest BCUT2D eigenvalue weighted by Crippen LogP contribution is -2.69. The summed E-state index contributed by atoms with van der Waals surface area (Å²) in [6.45, 7) is 37.3. The van der Waals surface area contributed by atoms with Crippen molar-refractivity contribution in [2.75, 3.05) is 6.61 Å². The van der Waals surface area contributed by atoms with Gasteiger partial charge in [-0.1, -0.05) is 44.5 Å². The standard InChI is InChI=1S/C35H65ClO7SSi5/c1-34(2,3)49(16,17)40-27-20-18-25(19-21-27)22-26-23-29(44-33(26)36)35(37)32(43-48(13,14)15)31(42-47(10,11)12)30(41-46(7,8)9)28(39-35)24-38-45(4,5)6/h18-21,23,28,30-32,37H,22,24H2,1-17H3/t28-,30-,31+,32-,35?/m1/s1. The van der Waals surface area contributed by atoms with Gasteiger partial charge in [0.05, 0.1) is 15.8 Å². The fourth-order valence-corrected chi connectivity index (χ4v) is 11.6. The first-order valence-electron chi connectivity index (χ1n) is 17.5. The first-order chi connectivity index (χ1) is 21.9. The molecule has 3 rings (SSSR count). The van der Waals surface area contributed by atoms with E-state index in [1.54, 1.807) is 0 Å². The molecule has 1 aliphatic rings. The van der Waals surface area contributed by atoms with Crippen LogP contribution in [0.2, 0.25) is 101 Å². The summed E-state index contributed by atoms with van der Waals surface area (Å²) in [6, 6.07) is 10.3. The predicted molar refractivity (Wildman–Crippen MR) is 219 cm³/mol. The van der Waals surface area contributed by atoms with Crippen LogP contribution in [-0.4, -0.2) is 77.7 Å². The van der Waals surface area contributed by atoms with Crippen LogP contribution >= 0.6 is 22.9 Å². The summed E-state index contributed by atoms with van der Waals surface area (Å²) in [7, 11) is -10.4. The van der Waals surface area contributed by atoms with Gasteiger partial charge in [0, 0.05) is 0 Å². The highest BCUT2D eigenvalue weighted by Crippen LogP contribution is 2.47. The van der Waals surface area contributed by atoms with Crippen molar-refractivity contribution in [2.24, 2.45) is 0 Å². The zero-order chi connectivity index (χ0) is 37.6. The highest BCUT2D eigenvalue weighted by molar-refractivity contribution is 7.16. The number of halogens is 1. The van der Waals surface area contributed by atoms with Crippen LogP contribution in [0.3, 0.4) is 0 Å². The third-order valence-corrected chi connectivity index (χ3v) is 18.3. The molecule has 280 valence electrons. The van der Waals surface area contributed by atoms with Gasteiger partial charge in [-0.3, -0.25) is 0 Å². The van der Waals surface area contributed by atoms with Crippen LogP contribution < -0.4 is 4.43 Å². The summed E-state index contributed by atoms with van der Waals surface area (Å²) >= 11 is 8.32. The average molecular weight is 806 g/mol. The molecule has 0 spiro atoms. The first kappa shape index (κ1) is 43.3. The number of aliphatic hydroxyl groups is 1. The van der Waals surface area contributed by atoms with E-state index < -0.39 is 71.8 Å². The Kier molecular flexibility index (Phi) is 13.5. The number of hydrogen-bond acceptors (Lipinski definition) is 8. The molecule has 1 aliphatic heterocycles. The number of thiophene rings is 1. The van der Waals surface area contributed by atoms with Crippen molar-refractivity contribution >= 4 is 64.5 Å². The summed E-state index contributed by atoms with van der Waals surface area (Å²) < 4.78 is 41.2. The predicted octanol–water partition coefficient (Wildman–Crippen LogP) is 10.4. The molecule has 1 N–H and O–H groups in total. The quantitative estimate of drug-likeness (QED) is 0.191. The number of ether oxygens (including phenoxy) is 1. The fourth-order valence-electron chi connectivity index (χ4n) is 5.29. The second-order valence-electron chi connectivity index (χ2n) is 18.9. The van der Waals surface area contributed by atoms with Crippen molar-refractivity contribution in [1.29, 1.82) is 0 Å². The van der Waals surface area contributed by atoms with Gasteiger partial charge in [0.1, 0.15) is 30.2 Å². The topological polar surface area (TPSA) is 75.6 Å². The molecule has 0 saturated carbocycles. The lowest BCUT2D eigenvalue weighted by molar-refractivity contribution is -0.347. The van der Waals surface area contributed by atoms with E-state index in [9.17, 15) is 5.11 Å². The summed E-state index contributed by atoms with van der Waals surface area (Å²) in [5, 5.41) is 13.0. The Labute approximate surface area is 312 Å². The van der Waals surface area contributed by atoms with Gasteiger partial charge in [-0.15, -0.1) is 11.3 Å². The van der Waals surface area contributed by atoms with E-state index in [0.717, 1.165) is 16.9 Å². The van der Waals surface area contributed by atoms with Crippen molar-refractivity contribution in [3.8, 4) is 5.75 Å². The molecule has 2 aromatic rings. The van der Waals surface area contributed by atoms with Crippen molar-refractivity contribution in [2.45, 2.75) is 154 Å². The molecule has 2 heterocycles. The Bertz CT molecular complexity index is 1390. The van der Waals surface area contributed by atoms with E-state index in [4.69, 9.17) is 38.5 Å². The van der Waals surface area contributed by atoms with Gasteiger partial charge in [0.2, 0.25) is 14.1 Å². The van der Waals surface area contributed by atoms with E-state index in [2.05, 4.69) is 125 Å². The molecular formula is C35H65ClO7SSi5. The number of hydrogen-bond donors (Lipinski definition) is 1. The molecule has 0 bridgehead atoms. The molecule has 1 aromatic carbocycles. The molecule has 14 heteroatoms. The summed E-state index contributed by atoms with van der Waals surface area (Å²) in [5.74, 6) is -0.941. The van der Waals surface area contributed by atoms with Crippen LogP contribution in [0.15, 0.2) is 30.3 Å². The molecule has 1 unspecified atom stereocenters. The molecular weight excluding hydrogens is 740 g/mol. The monoisotopic (exact) mass is 804 g/mol. The Morgan fingerprint density at radius 3 is 1.76 bits per heavy atom. The molecule has 7 nitrogen and oxygen atoms in total. The minimum Gasteiger partial charge on any atom is -0.544 e. The SMILES string of the molecule is CC(C)(C)[Si](C)(C)Oc1ccc(Cc2cc(C3(O)O[C@H](CO[Si](C)(C)C)[C@@H](O[Si](C)(C)C)[C@H](O[Si](C)(C)C)[C@H]3O[Si](C)(C)C)sc2Cl)cc1. The van der Waals surface area contributed by atoms with Crippen molar-refractivity contribution in [1.82, 2.24) is 0 Å². The zero-order valence-corrected chi connectivity index (χ0v) is 39.9. The van der Waals surface area contributed by atoms with Gasteiger partial charge in [0.15, 0.2) is 33.3 Å². The van der Waals surface area contributed by atoms with Crippen LogP contribution in [0.1, 0.15) is 36.8 Å². The fraction of sp³-hybridized carbons (Fsp3) is 0.714. The van der Waals surface area contributed by atoms with Crippen LogP contribution in [0, 0.1) is 0 Å². The van der Waals surface area contributed by atoms with Gasteiger partial charge < -0.3 is 32.0 Å². The normalized spacial score (nSPS) is 24.7. The van der Waals surface area contributed by atoms with Crippen molar-refractivity contribution in [3.63, 3.8) is 0 Å². The van der Waals surface area contributed by atoms with Crippen molar-refractivity contribution in [3.05, 3.63) is 50.7 Å². The van der Waals surface area contributed by atoms with Crippen LogP contribution in [-0.2, 0) is 34.6 Å². The van der Waals surface area contributed by atoms with Gasteiger partial charge in [-0.2, -0.15) is 0 Å². The van der Waals surface area contributed by atoms with Crippen molar-refractivity contribution < 1.29 is 32.0 Å². The molecule has 49 heavy (non-hydrogen) atoms. The van der Waals surface area contributed by atoms with E-state index in [1.165, 1.54) is 11.3 Å². The highest BCUT2D eigenvalue weighted by Gasteiger charge is 2.60. The maximum atomic E-state index is 12.9. The van der Waals surface area contributed by atoms with Gasteiger partial charge in [-0.25, -0.2) is 0 Å². The molecule has 1 aromatic heterocycles. The lowest BCUT2D eigenvalue weighted by atomic mass is 9.91. The zero-order valence-electron chi connectivity index (χ0n) is 33.3. The third-order valence-electron chi connectivity index (χ3n) is 8.45. The maximum Gasteiger partial charge on any atom is 0.250 e. The minimum absolute atomic E-state index is 0.116. The van der Waals surface area contributed by atoms with E-state index in [-0.39, 0.29) is 11.6 Å². The smallest absolute Gasteiger partial charge is 0.250 e. The molecule has 0 aliphatic carbocycles. The molecule has 1 saturated heterocycles. The van der Waals surface area contributed by atoms with Gasteiger partial charge in [-0.05, 0) is 132 Å². The number of benzene rings is 1. The largest absolute Gasteiger partial charge is 0.544 e. The van der Waals surface area contributed by atoms with Crippen LogP contribution in [0.4, 0.5) is 0 Å². The lowest BCUT2D eigenvalue weighted by Gasteiger charge is -2.54. The highest BCUT2D eigenvalue weighted by atomic mass is 35.5. The second-order valence-corrected chi connectivity index (χ2v) is 43.2. The van der Waals surface area contributed by atoms with Crippen LogP contribution in [0.5, 0.6) is 5.75 Å². The number of rotatable bonds is 14. The summed E-state index contributed by atoms with van der Waals surface area (Å²) in [6.07, 6.45) is -1.85. The molecule has 0 radical (unpaired) electrons. The first-order valence-corrected chi connectivity index (χ1v) is 35.3. The third kappa shape index (κ3) is 12.5. The van der Waals surface area contributed by atoms with E-state index >= 15 is 0 Å². The Hall–Kier alpha value is -0.146. The molecule has 0 amide bonds. The maximum absolute atomic E-state index is 12.9. The van der Waals surface area contributed by atoms with Gasteiger partial charge >= 0.3 is 0 Å². The molecule has 5 atom stereocenters. The summed E-state index contributed by atoms with van der Waals surface area (Å²) in [5.41, 5.74) is 2.02. The Morgan fingerprint density at radius 1 is 0.776 bits per heavy atom. The minimum atomic E-state index is -2.26. The van der Waals surface area contributed by atoms with Crippen LogP contribution in [0.25, 0.3) is 0 Å². The van der Waals surface area contributed by atoms with E-state index in [0.29, 0.717) is 15.6 Å². The van der Waals surface area contributed by atoms with E-state index in [1.807, 2.05) is 18.2 Å². The van der Waals surface area contributed by atoms with Gasteiger partial charge in [0.25, 0.3) is 0 Å². The molecule has 1 fully saturated rings. The Balaban J connectivity index is 2.08.